The standard InChI is InChI=1S/C12H19NO3/c14-12(15)10-7-9-1-2-11(10)13(9)8-3-5-16-6-4-8/h8-11H,1-7H2,(H,14,15). The summed E-state index contributed by atoms with van der Waals surface area (Å²) in [7, 11) is 0. The summed E-state index contributed by atoms with van der Waals surface area (Å²) >= 11 is 0. The second-order valence-corrected chi connectivity index (χ2v) is 5.27. The summed E-state index contributed by atoms with van der Waals surface area (Å²) in [5, 5.41) is 9.20. The summed E-state index contributed by atoms with van der Waals surface area (Å²) in [6.07, 6.45) is 5.32. The van der Waals surface area contributed by atoms with E-state index in [0.717, 1.165) is 38.9 Å². The molecule has 3 unspecified atom stereocenters. The highest BCUT2D eigenvalue weighted by atomic mass is 16.5. The van der Waals surface area contributed by atoms with Gasteiger partial charge in [0.2, 0.25) is 0 Å². The molecule has 0 aromatic rings. The van der Waals surface area contributed by atoms with Gasteiger partial charge in [-0.15, -0.1) is 0 Å². The predicted molar refractivity (Wildman–Crippen MR) is 58.2 cm³/mol. The summed E-state index contributed by atoms with van der Waals surface area (Å²) in [4.78, 5) is 13.7. The zero-order chi connectivity index (χ0) is 11.1. The lowest BCUT2D eigenvalue weighted by atomic mass is 9.89. The van der Waals surface area contributed by atoms with Crippen molar-refractivity contribution < 1.29 is 14.6 Å². The number of carbonyl (C=O) groups is 1. The SMILES string of the molecule is O=C(O)C1CC2CCC1N2C1CCOCC1. The van der Waals surface area contributed by atoms with Gasteiger partial charge in [-0.1, -0.05) is 0 Å². The van der Waals surface area contributed by atoms with Gasteiger partial charge in [-0.25, -0.2) is 0 Å². The van der Waals surface area contributed by atoms with E-state index in [1.54, 1.807) is 0 Å². The molecule has 2 bridgehead atoms. The molecule has 16 heavy (non-hydrogen) atoms. The van der Waals surface area contributed by atoms with Crippen LogP contribution in [0.5, 0.6) is 0 Å². The Morgan fingerprint density at radius 3 is 2.50 bits per heavy atom. The van der Waals surface area contributed by atoms with Crippen LogP contribution in [0.4, 0.5) is 0 Å². The molecule has 90 valence electrons. The fourth-order valence-electron chi connectivity index (χ4n) is 3.85. The van der Waals surface area contributed by atoms with E-state index in [1.165, 1.54) is 6.42 Å². The van der Waals surface area contributed by atoms with Gasteiger partial charge in [0.25, 0.3) is 0 Å². The number of fused-ring (bicyclic) bond motifs is 2. The monoisotopic (exact) mass is 225 g/mol. The minimum absolute atomic E-state index is 0.110. The normalized spacial score (nSPS) is 40.4. The largest absolute Gasteiger partial charge is 0.481 e. The maximum atomic E-state index is 11.2. The van der Waals surface area contributed by atoms with Gasteiger partial charge < -0.3 is 9.84 Å². The first-order valence-corrected chi connectivity index (χ1v) is 6.35. The van der Waals surface area contributed by atoms with Crippen LogP contribution in [-0.4, -0.2) is 47.3 Å². The average molecular weight is 225 g/mol. The molecule has 0 aromatic carbocycles. The second-order valence-electron chi connectivity index (χ2n) is 5.27. The number of rotatable bonds is 2. The number of nitrogens with zero attached hydrogens (tertiary/aromatic N) is 1. The number of ether oxygens (including phenoxy) is 1. The molecule has 3 rings (SSSR count). The average Bonchev–Trinajstić information content (AvgIpc) is 2.87. The number of hydrogen-bond acceptors (Lipinski definition) is 3. The number of carboxylic acids is 1. The number of aliphatic carboxylic acids is 1. The van der Waals surface area contributed by atoms with Gasteiger partial charge in [-0.2, -0.15) is 0 Å². The van der Waals surface area contributed by atoms with Gasteiger partial charge in [0.1, 0.15) is 0 Å². The van der Waals surface area contributed by atoms with Gasteiger partial charge in [0, 0.05) is 31.3 Å². The third kappa shape index (κ3) is 1.55. The molecule has 3 saturated heterocycles. The molecule has 0 amide bonds. The summed E-state index contributed by atoms with van der Waals surface area (Å²) < 4.78 is 5.38. The van der Waals surface area contributed by atoms with Gasteiger partial charge in [-0.3, -0.25) is 9.69 Å². The van der Waals surface area contributed by atoms with E-state index in [4.69, 9.17) is 4.74 Å². The van der Waals surface area contributed by atoms with Crippen LogP contribution in [0.25, 0.3) is 0 Å². The molecule has 4 nitrogen and oxygen atoms in total. The Labute approximate surface area is 95.6 Å². The summed E-state index contributed by atoms with van der Waals surface area (Å²) in [6, 6.07) is 1.43. The Bertz CT molecular complexity index is 288. The van der Waals surface area contributed by atoms with Crippen molar-refractivity contribution in [2.24, 2.45) is 5.92 Å². The van der Waals surface area contributed by atoms with Crippen LogP contribution in [0, 0.1) is 5.92 Å². The van der Waals surface area contributed by atoms with Crippen molar-refractivity contribution in [2.75, 3.05) is 13.2 Å². The smallest absolute Gasteiger partial charge is 0.308 e. The van der Waals surface area contributed by atoms with Crippen LogP contribution >= 0.6 is 0 Å². The van der Waals surface area contributed by atoms with Crippen molar-refractivity contribution >= 4 is 5.97 Å². The van der Waals surface area contributed by atoms with Crippen molar-refractivity contribution in [3.63, 3.8) is 0 Å². The molecule has 3 aliphatic heterocycles. The molecular formula is C12H19NO3. The van der Waals surface area contributed by atoms with E-state index >= 15 is 0 Å². The third-order valence-corrected chi connectivity index (χ3v) is 4.52. The molecule has 1 N–H and O–H groups in total. The van der Waals surface area contributed by atoms with Gasteiger partial charge >= 0.3 is 5.97 Å². The second kappa shape index (κ2) is 4.00. The zero-order valence-electron chi connectivity index (χ0n) is 9.47. The maximum Gasteiger partial charge on any atom is 0.308 e. The Balaban J connectivity index is 1.74. The van der Waals surface area contributed by atoms with E-state index < -0.39 is 5.97 Å². The Morgan fingerprint density at radius 2 is 1.88 bits per heavy atom. The van der Waals surface area contributed by atoms with Crippen LogP contribution in [0.15, 0.2) is 0 Å². The molecule has 4 heteroatoms. The first kappa shape index (κ1) is 10.5. The highest BCUT2D eigenvalue weighted by Gasteiger charge is 2.51. The minimum Gasteiger partial charge on any atom is -0.481 e. The van der Waals surface area contributed by atoms with Crippen LogP contribution in [0.3, 0.4) is 0 Å². The van der Waals surface area contributed by atoms with E-state index in [1.807, 2.05) is 0 Å². The summed E-state index contributed by atoms with van der Waals surface area (Å²) in [5.41, 5.74) is 0. The summed E-state index contributed by atoms with van der Waals surface area (Å²) in [5.74, 6) is -0.703. The molecule has 0 spiro atoms. The highest BCUT2D eigenvalue weighted by molar-refractivity contribution is 5.71. The number of carboxylic acid groups (broad SMARTS) is 1. The highest BCUT2D eigenvalue weighted by Crippen LogP contribution is 2.44. The van der Waals surface area contributed by atoms with Crippen LogP contribution in [0.2, 0.25) is 0 Å². The van der Waals surface area contributed by atoms with Crippen LogP contribution in [0.1, 0.15) is 32.1 Å². The van der Waals surface area contributed by atoms with Crippen molar-refractivity contribution in [2.45, 2.75) is 50.2 Å². The van der Waals surface area contributed by atoms with Gasteiger partial charge in [0.15, 0.2) is 0 Å². The quantitative estimate of drug-likeness (QED) is 0.764. The zero-order valence-corrected chi connectivity index (χ0v) is 9.47. The topological polar surface area (TPSA) is 49.8 Å². The first-order chi connectivity index (χ1) is 7.77. The molecule has 3 heterocycles. The lowest BCUT2D eigenvalue weighted by Gasteiger charge is -2.34. The first-order valence-electron chi connectivity index (χ1n) is 6.35. The fourth-order valence-corrected chi connectivity index (χ4v) is 3.85. The van der Waals surface area contributed by atoms with E-state index in [9.17, 15) is 9.90 Å². The van der Waals surface area contributed by atoms with Crippen molar-refractivity contribution in [1.82, 2.24) is 4.90 Å². The van der Waals surface area contributed by atoms with Crippen LogP contribution < -0.4 is 0 Å². The Morgan fingerprint density at radius 1 is 1.12 bits per heavy atom. The molecule has 3 aliphatic rings. The van der Waals surface area contributed by atoms with Crippen molar-refractivity contribution in [3.8, 4) is 0 Å². The number of hydrogen-bond donors (Lipinski definition) is 1. The fraction of sp³-hybridized carbons (Fsp3) is 0.917. The minimum atomic E-state index is -0.593. The lowest BCUT2D eigenvalue weighted by molar-refractivity contribution is -0.142. The van der Waals surface area contributed by atoms with Crippen molar-refractivity contribution in [3.05, 3.63) is 0 Å². The predicted octanol–water partition coefficient (Wildman–Crippen LogP) is 1.10. The Kier molecular flexibility index (Phi) is 2.64. The van der Waals surface area contributed by atoms with Gasteiger partial charge in [-0.05, 0) is 32.1 Å². The van der Waals surface area contributed by atoms with E-state index in [2.05, 4.69) is 4.90 Å². The Hall–Kier alpha value is -0.610. The van der Waals surface area contributed by atoms with E-state index in [0.29, 0.717) is 18.1 Å². The van der Waals surface area contributed by atoms with E-state index in [-0.39, 0.29) is 5.92 Å². The summed E-state index contributed by atoms with van der Waals surface area (Å²) in [6.45, 7) is 1.69. The molecule has 3 atom stereocenters. The molecule has 0 saturated carbocycles. The molecule has 0 aliphatic carbocycles. The maximum absolute atomic E-state index is 11.2. The molecule has 0 aromatic heterocycles. The van der Waals surface area contributed by atoms with Crippen molar-refractivity contribution in [1.29, 1.82) is 0 Å². The van der Waals surface area contributed by atoms with Crippen LogP contribution in [-0.2, 0) is 9.53 Å². The molecule has 3 fully saturated rings. The molecule has 0 radical (unpaired) electrons. The van der Waals surface area contributed by atoms with Gasteiger partial charge in [0.05, 0.1) is 5.92 Å². The third-order valence-electron chi connectivity index (χ3n) is 4.52. The lowest BCUT2D eigenvalue weighted by Crippen LogP contribution is -2.43. The molecular weight excluding hydrogens is 206 g/mol.